The van der Waals surface area contributed by atoms with Gasteiger partial charge in [-0.05, 0) is 49.6 Å². The fourth-order valence-corrected chi connectivity index (χ4v) is 5.49. The molecule has 2 aromatic carbocycles. The van der Waals surface area contributed by atoms with E-state index in [4.69, 9.17) is 6.11 Å². The topological polar surface area (TPSA) is 108 Å². The average Bonchev–Trinajstić information content (AvgIpc) is 3.63. The first-order valence-electron chi connectivity index (χ1n) is 12.3. The summed E-state index contributed by atoms with van der Waals surface area (Å²) in [7, 11) is 1.60. The summed E-state index contributed by atoms with van der Waals surface area (Å²) < 4.78 is 13.2. The van der Waals surface area contributed by atoms with Gasteiger partial charge in [-0.3, -0.25) is 14.7 Å². The molecule has 3 aromatic rings. The van der Waals surface area contributed by atoms with Crippen molar-refractivity contribution in [1.82, 2.24) is 15.1 Å². The van der Waals surface area contributed by atoms with Crippen molar-refractivity contribution in [1.29, 1.82) is 0 Å². The van der Waals surface area contributed by atoms with Gasteiger partial charge in [0.1, 0.15) is 11.8 Å². The fraction of sp³-hybridized carbons (Fsp3) is 0.423. The van der Waals surface area contributed by atoms with Gasteiger partial charge in [-0.2, -0.15) is 5.10 Å². The first kappa shape index (κ1) is 21.2. The van der Waals surface area contributed by atoms with Crippen LogP contribution < -0.4 is 10.1 Å². The molecule has 0 bridgehead atoms. The van der Waals surface area contributed by atoms with Crippen molar-refractivity contribution in [2.24, 2.45) is 0 Å². The average molecular weight is 464 g/mol. The monoisotopic (exact) mass is 463 g/mol. The number of β-amino-alcohol motifs (C(OH)–C–C–N with tert-alkyl or cyclic N) is 1. The number of likely N-dealkylation sites (tertiary alicyclic amines) is 1. The Morgan fingerprint density at radius 1 is 1.24 bits per heavy atom. The molecule has 2 amide bonds. The minimum atomic E-state index is -1.43. The number of rotatable bonds is 5. The normalized spacial score (nSPS) is 24.2. The highest BCUT2D eigenvalue weighted by atomic mass is 16.5. The maximum atomic E-state index is 14.2. The number of ether oxygens (including phenoxy) is 1. The summed E-state index contributed by atoms with van der Waals surface area (Å²) >= 11 is 0. The number of nitrogens with zero attached hydrogens (tertiary/aromatic N) is 2. The number of H-pyrrole nitrogens is 1. The molecule has 1 saturated heterocycles. The molecule has 178 valence electrons. The van der Waals surface area contributed by atoms with E-state index in [1.165, 1.54) is 4.90 Å². The number of benzene rings is 2. The Bertz CT molecular complexity index is 1240. The van der Waals surface area contributed by atoms with E-state index >= 15 is 0 Å². The second-order valence-corrected chi connectivity index (χ2v) is 9.52. The highest BCUT2D eigenvalue weighted by Gasteiger charge is 2.52. The molecule has 2 heterocycles. The van der Waals surface area contributed by atoms with Gasteiger partial charge in [-0.1, -0.05) is 31.0 Å². The Morgan fingerprint density at radius 2 is 2.00 bits per heavy atom. The summed E-state index contributed by atoms with van der Waals surface area (Å²) in [5.74, 6) is 0.176. The number of carbonyl (C=O) groups is 2. The molecule has 2 atom stereocenters. The molecular formula is C26H30N4O4. The minimum Gasteiger partial charge on any atom is -0.497 e. The molecule has 0 unspecified atom stereocenters. The summed E-state index contributed by atoms with van der Waals surface area (Å²) in [6.07, 6.45) is 4.84. The van der Waals surface area contributed by atoms with Crippen LogP contribution in [0.15, 0.2) is 48.7 Å². The van der Waals surface area contributed by atoms with E-state index in [0.29, 0.717) is 24.3 Å². The second-order valence-electron chi connectivity index (χ2n) is 9.52. The lowest BCUT2D eigenvalue weighted by Gasteiger charge is -2.35. The summed E-state index contributed by atoms with van der Waals surface area (Å²) in [4.78, 5) is 29.2. The highest BCUT2D eigenvalue weighted by molar-refractivity contribution is 6.04. The molecule has 0 spiro atoms. The van der Waals surface area contributed by atoms with Crippen molar-refractivity contribution < 1.29 is 20.8 Å². The van der Waals surface area contributed by atoms with Gasteiger partial charge < -0.3 is 20.1 Å². The molecule has 1 aromatic heterocycles. The third-order valence-corrected chi connectivity index (χ3v) is 7.23. The standard InChI is InChI=1S/C26H30N4O4/c1-25(33)14-22(23(31)28-20-6-5-7-21-19(20)15-27-29-21)30(16-25)24(32)26(12-3-4-13-26)17-8-10-18(34-2)11-9-17/h5-11,15,22,33H,3-4,12-14,16H2,1-2H3,(H,27,29)(H,28,31)/t22-,25+/m0/s1/i1D. The van der Waals surface area contributed by atoms with Gasteiger partial charge in [0.05, 0.1) is 42.1 Å². The number of aliphatic hydroxyl groups is 1. The Hall–Kier alpha value is -3.39. The van der Waals surface area contributed by atoms with Crippen LogP contribution >= 0.6 is 0 Å². The number of nitrogens with one attached hydrogen (secondary N) is 2. The largest absolute Gasteiger partial charge is 0.497 e. The third-order valence-electron chi connectivity index (χ3n) is 7.23. The van der Waals surface area contributed by atoms with E-state index in [9.17, 15) is 14.7 Å². The van der Waals surface area contributed by atoms with Crippen LogP contribution in [0, 0.1) is 0 Å². The number of carbonyl (C=O) groups excluding carboxylic acids is 2. The molecule has 2 fully saturated rings. The Labute approximate surface area is 199 Å². The highest BCUT2D eigenvalue weighted by Crippen LogP contribution is 2.45. The van der Waals surface area contributed by atoms with Crippen LogP contribution in [-0.4, -0.2) is 57.3 Å². The fourth-order valence-electron chi connectivity index (χ4n) is 5.49. The number of aromatic amines is 1. The SMILES string of the molecule is [2H]C[C@@]1(O)C[C@@H](C(=O)Nc2cccc3[nH]ncc23)N(C(=O)C2(c3ccc(OC)cc3)CCCC2)C1. The summed E-state index contributed by atoms with van der Waals surface area (Å²) in [6, 6.07) is 12.1. The number of methoxy groups -OCH3 is 1. The predicted molar refractivity (Wildman–Crippen MR) is 129 cm³/mol. The number of anilines is 1. The van der Waals surface area contributed by atoms with Crippen molar-refractivity contribution in [2.45, 2.75) is 56.1 Å². The lowest BCUT2D eigenvalue weighted by Crippen LogP contribution is -2.51. The first-order valence-corrected chi connectivity index (χ1v) is 11.6. The molecule has 1 saturated carbocycles. The van der Waals surface area contributed by atoms with Crippen LogP contribution in [-0.2, 0) is 15.0 Å². The van der Waals surface area contributed by atoms with Crippen LogP contribution in [0.3, 0.4) is 0 Å². The van der Waals surface area contributed by atoms with Gasteiger partial charge >= 0.3 is 0 Å². The van der Waals surface area contributed by atoms with Crippen molar-refractivity contribution in [3.8, 4) is 5.75 Å². The van der Waals surface area contributed by atoms with E-state index in [-0.39, 0.29) is 31.7 Å². The van der Waals surface area contributed by atoms with Crippen LogP contribution in [0.2, 0.25) is 0 Å². The summed E-state index contributed by atoms with van der Waals surface area (Å²) in [5, 5.41) is 21.6. The molecule has 2 aliphatic rings. The zero-order valence-electron chi connectivity index (χ0n) is 20.2. The van der Waals surface area contributed by atoms with E-state index in [2.05, 4.69) is 15.5 Å². The molecule has 8 nitrogen and oxygen atoms in total. The van der Waals surface area contributed by atoms with Crippen LogP contribution in [0.5, 0.6) is 5.75 Å². The molecule has 1 aliphatic carbocycles. The second kappa shape index (κ2) is 8.43. The van der Waals surface area contributed by atoms with Crippen LogP contribution in [0.1, 0.15) is 45.9 Å². The maximum absolute atomic E-state index is 14.2. The molecule has 5 rings (SSSR count). The zero-order valence-corrected chi connectivity index (χ0v) is 19.2. The lowest BCUT2D eigenvalue weighted by atomic mass is 9.77. The Kier molecular flexibility index (Phi) is 5.25. The third kappa shape index (κ3) is 3.81. The van der Waals surface area contributed by atoms with Gasteiger partial charge in [-0.15, -0.1) is 0 Å². The molecule has 3 N–H and O–H groups in total. The Balaban J connectivity index is 1.47. The molecule has 34 heavy (non-hydrogen) atoms. The van der Waals surface area contributed by atoms with E-state index in [0.717, 1.165) is 29.3 Å². The summed E-state index contributed by atoms with van der Waals surface area (Å²) in [5.41, 5.74) is 0.0705. The van der Waals surface area contributed by atoms with Gasteiger partial charge in [-0.25, -0.2) is 0 Å². The number of aromatic nitrogens is 2. The smallest absolute Gasteiger partial charge is 0.247 e. The van der Waals surface area contributed by atoms with E-state index < -0.39 is 17.1 Å². The molecule has 0 radical (unpaired) electrons. The number of amides is 2. The van der Waals surface area contributed by atoms with Crippen molar-refractivity contribution in [2.75, 3.05) is 19.0 Å². The van der Waals surface area contributed by atoms with E-state index in [1.54, 1.807) is 19.4 Å². The molecule has 8 heteroatoms. The van der Waals surface area contributed by atoms with Crippen molar-refractivity contribution >= 4 is 28.4 Å². The number of hydrogen-bond donors (Lipinski definition) is 3. The first-order chi connectivity index (χ1) is 16.9. The quantitative estimate of drug-likeness (QED) is 0.538. The lowest BCUT2D eigenvalue weighted by molar-refractivity contribution is -0.142. The van der Waals surface area contributed by atoms with Crippen LogP contribution in [0.4, 0.5) is 5.69 Å². The van der Waals surface area contributed by atoms with Crippen LogP contribution in [0.25, 0.3) is 10.9 Å². The molecule has 1 aliphatic heterocycles. The number of fused-ring (bicyclic) bond motifs is 1. The Morgan fingerprint density at radius 3 is 2.71 bits per heavy atom. The number of hydrogen-bond acceptors (Lipinski definition) is 5. The zero-order chi connectivity index (χ0) is 24.6. The van der Waals surface area contributed by atoms with Gasteiger partial charge in [0, 0.05) is 13.2 Å². The van der Waals surface area contributed by atoms with Gasteiger partial charge in [0.15, 0.2) is 0 Å². The van der Waals surface area contributed by atoms with Gasteiger partial charge in [0.25, 0.3) is 0 Å². The molecular weight excluding hydrogens is 432 g/mol. The minimum absolute atomic E-state index is 0.0220. The summed E-state index contributed by atoms with van der Waals surface area (Å²) in [6.45, 7) is -0.325. The van der Waals surface area contributed by atoms with Crippen molar-refractivity contribution in [3.05, 3.63) is 54.2 Å². The maximum Gasteiger partial charge on any atom is 0.247 e. The van der Waals surface area contributed by atoms with Crippen molar-refractivity contribution in [3.63, 3.8) is 0 Å². The predicted octanol–water partition coefficient (Wildman–Crippen LogP) is 3.37. The van der Waals surface area contributed by atoms with Gasteiger partial charge in [0.2, 0.25) is 11.8 Å². The van der Waals surface area contributed by atoms with E-state index in [1.807, 2.05) is 36.4 Å².